The zero-order chi connectivity index (χ0) is 16.5. The van der Waals surface area contributed by atoms with Crippen molar-refractivity contribution in [3.05, 3.63) is 56.5 Å². The van der Waals surface area contributed by atoms with E-state index in [1.165, 1.54) is 24.3 Å². The lowest BCUT2D eigenvalue weighted by atomic mass is 9.99. The van der Waals surface area contributed by atoms with E-state index in [1.807, 2.05) is 0 Å². The first-order chi connectivity index (χ1) is 10.2. The van der Waals surface area contributed by atoms with Gasteiger partial charge in [0.2, 0.25) is 0 Å². The highest BCUT2D eigenvalue weighted by atomic mass is 79.9. The average molecular weight is 478 g/mol. The third-order valence-corrected chi connectivity index (χ3v) is 4.08. The van der Waals surface area contributed by atoms with Gasteiger partial charge in [0.15, 0.2) is 0 Å². The van der Waals surface area contributed by atoms with Gasteiger partial charge in [0, 0.05) is 0 Å². The standard InChI is InChI=1S/C14H10Br2F3NO2.ClH/c15-10-5-8(6-11(16)13(10)21)12(20)7-1-3-9(4-2-7)22-14(17,18)19;/h1-6,12,21H,20H2;1H/t12-;/m0./s1. The maximum Gasteiger partial charge on any atom is 0.573 e. The van der Waals surface area contributed by atoms with Gasteiger partial charge < -0.3 is 15.6 Å². The van der Waals surface area contributed by atoms with Crippen molar-refractivity contribution in [2.24, 2.45) is 5.73 Å². The molecule has 2 aromatic rings. The van der Waals surface area contributed by atoms with Crippen LogP contribution in [0.3, 0.4) is 0 Å². The molecule has 0 aromatic heterocycles. The van der Waals surface area contributed by atoms with Gasteiger partial charge in [-0.05, 0) is 67.3 Å². The van der Waals surface area contributed by atoms with Crippen molar-refractivity contribution in [3.63, 3.8) is 0 Å². The second kappa shape index (κ2) is 7.74. The Morgan fingerprint density at radius 1 is 1.00 bits per heavy atom. The summed E-state index contributed by atoms with van der Waals surface area (Å²) in [7, 11) is 0. The molecule has 0 aliphatic carbocycles. The second-order valence-electron chi connectivity index (χ2n) is 4.43. The monoisotopic (exact) mass is 475 g/mol. The lowest BCUT2D eigenvalue weighted by molar-refractivity contribution is -0.274. The Balaban J connectivity index is 0.00000264. The Bertz CT molecular complexity index is 658. The van der Waals surface area contributed by atoms with Gasteiger partial charge in [-0.3, -0.25) is 0 Å². The molecule has 0 aliphatic heterocycles. The van der Waals surface area contributed by atoms with Gasteiger partial charge in [-0.1, -0.05) is 12.1 Å². The Hall–Kier alpha value is -0.960. The summed E-state index contributed by atoms with van der Waals surface area (Å²) in [4.78, 5) is 0. The number of phenols is 1. The third kappa shape index (κ3) is 5.27. The van der Waals surface area contributed by atoms with Gasteiger partial charge in [-0.25, -0.2) is 0 Å². The Labute approximate surface area is 153 Å². The molecule has 9 heteroatoms. The van der Waals surface area contributed by atoms with Crippen LogP contribution in [0.5, 0.6) is 11.5 Å². The molecule has 126 valence electrons. The summed E-state index contributed by atoms with van der Waals surface area (Å²) in [6.45, 7) is 0. The lowest BCUT2D eigenvalue weighted by Crippen LogP contribution is -2.17. The number of hydrogen-bond donors (Lipinski definition) is 2. The van der Waals surface area contributed by atoms with Crippen molar-refractivity contribution in [1.82, 2.24) is 0 Å². The van der Waals surface area contributed by atoms with E-state index in [9.17, 15) is 18.3 Å². The highest BCUT2D eigenvalue weighted by Crippen LogP contribution is 2.36. The molecular weight excluding hydrogens is 466 g/mol. The zero-order valence-electron chi connectivity index (χ0n) is 11.3. The molecule has 0 fully saturated rings. The summed E-state index contributed by atoms with van der Waals surface area (Å²) in [5, 5.41) is 9.67. The molecule has 3 nitrogen and oxygen atoms in total. The van der Waals surface area contributed by atoms with E-state index in [0.29, 0.717) is 20.1 Å². The van der Waals surface area contributed by atoms with E-state index in [-0.39, 0.29) is 23.9 Å². The molecule has 1 atom stereocenters. The first-order valence-corrected chi connectivity index (χ1v) is 7.55. The molecule has 23 heavy (non-hydrogen) atoms. The maximum absolute atomic E-state index is 12.1. The smallest absolute Gasteiger partial charge is 0.506 e. The summed E-state index contributed by atoms with van der Waals surface area (Å²) >= 11 is 6.40. The number of rotatable bonds is 3. The van der Waals surface area contributed by atoms with Crippen LogP contribution in [0.1, 0.15) is 17.2 Å². The van der Waals surface area contributed by atoms with Crippen molar-refractivity contribution in [2.45, 2.75) is 12.4 Å². The highest BCUT2D eigenvalue weighted by Gasteiger charge is 2.31. The van der Waals surface area contributed by atoms with Crippen LogP contribution in [-0.2, 0) is 0 Å². The molecule has 0 saturated heterocycles. The van der Waals surface area contributed by atoms with Crippen molar-refractivity contribution in [1.29, 1.82) is 0 Å². The first kappa shape index (κ1) is 20.1. The van der Waals surface area contributed by atoms with Crippen molar-refractivity contribution < 1.29 is 23.0 Å². The fourth-order valence-electron chi connectivity index (χ4n) is 1.83. The van der Waals surface area contributed by atoms with Gasteiger partial charge in [0.25, 0.3) is 0 Å². The maximum atomic E-state index is 12.1. The van der Waals surface area contributed by atoms with E-state index < -0.39 is 12.4 Å². The molecule has 2 rings (SSSR count). The number of hydrogen-bond acceptors (Lipinski definition) is 3. The minimum absolute atomic E-state index is 0. The molecule has 3 N–H and O–H groups in total. The Morgan fingerprint density at radius 2 is 1.48 bits per heavy atom. The van der Waals surface area contributed by atoms with Crippen molar-refractivity contribution in [3.8, 4) is 11.5 Å². The fraction of sp³-hybridized carbons (Fsp3) is 0.143. The number of halogens is 6. The van der Waals surface area contributed by atoms with E-state index in [4.69, 9.17) is 5.73 Å². The molecule has 0 radical (unpaired) electrons. The number of benzene rings is 2. The normalized spacial score (nSPS) is 12.4. The van der Waals surface area contributed by atoms with Gasteiger partial charge in [0.05, 0.1) is 15.0 Å². The molecule has 0 spiro atoms. The van der Waals surface area contributed by atoms with Crippen LogP contribution in [0.15, 0.2) is 45.3 Å². The predicted molar refractivity (Wildman–Crippen MR) is 89.9 cm³/mol. The van der Waals surface area contributed by atoms with Gasteiger partial charge >= 0.3 is 6.36 Å². The quantitative estimate of drug-likeness (QED) is 0.632. The first-order valence-electron chi connectivity index (χ1n) is 5.96. The van der Waals surface area contributed by atoms with Crippen LogP contribution in [0, 0.1) is 0 Å². The average Bonchev–Trinajstić information content (AvgIpc) is 2.42. The highest BCUT2D eigenvalue weighted by molar-refractivity contribution is 9.11. The molecule has 0 unspecified atom stereocenters. The number of nitrogens with two attached hydrogens (primary N) is 1. The second-order valence-corrected chi connectivity index (χ2v) is 6.14. The van der Waals surface area contributed by atoms with Gasteiger partial charge in [0.1, 0.15) is 11.5 Å². The summed E-state index contributed by atoms with van der Waals surface area (Å²) in [6, 6.07) is 8.05. The summed E-state index contributed by atoms with van der Waals surface area (Å²) < 4.78 is 41.1. The molecule has 0 bridgehead atoms. The van der Waals surface area contributed by atoms with Crippen LogP contribution >= 0.6 is 44.3 Å². The Kier molecular flexibility index (Phi) is 6.76. The Morgan fingerprint density at radius 3 is 1.91 bits per heavy atom. The zero-order valence-corrected chi connectivity index (χ0v) is 15.3. The molecule has 2 aromatic carbocycles. The number of alkyl halides is 3. The number of phenolic OH excluding ortho intramolecular Hbond substituents is 1. The summed E-state index contributed by atoms with van der Waals surface area (Å²) in [5.74, 6) is -0.263. The van der Waals surface area contributed by atoms with Gasteiger partial charge in [-0.15, -0.1) is 25.6 Å². The summed E-state index contributed by atoms with van der Waals surface area (Å²) in [6.07, 6.45) is -4.73. The predicted octanol–water partition coefficient (Wildman–Crippen LogP) is 5.29. The van der Waals surface area contributed by atoms with E-state index in [0.717, 1.165) is 0 Å². The van der Waals surface area contributed by atoms with Crippen LogP contribution in [-0.4, -0.2) is 11.5 Å². The molecular formula is C14H11Br2ClF3NO2. The van der Waals surface area contributed by atoms with Crippen molar-refractivity contribution in [2.75, 3.05) is 0 Å². The topological polar surface area (TPSA) is 55.5 Å². The molecule has 0 amide bonds. The van der Waals surface area contributed by atoms with Crippen LogP contribution < -0.4 is 10.5 Å². The van der Waals surface area contributed by atoms with E-state index >= 15 is 0 Å². The largest absolute Gasteiger partial charge is 0.573 e. The molecule has 0 aliphatic rings. The molecule has 0 heterocycles. The van der Waals surface area contributed by atoms with Gasteiger partial charge in [-0.2, -0.15) is 0 Å². The SMILES string of the molecule is Cl.N[C@@H](c1ccc(OC(F)(F)F)cc1)c1cc(Br)c(O)c(Br)c1. The lowest BCUT2D eigenvalue weighted by Gasteiger charge is -2.15. The summed E-state index contributed by atoms with van der Waals surface area (Å²) in [5.41, 5.74) is 7.39. The van der Waals surface area contributed by atoms with E-state index in [2.05, 4.69) is 36.6 Å². The van der Waals surface area contributed by atoms with Crippen LogP contribution in [0.2, 0.25) is 0 Å². The van der Waals surface area contributed by atoms with Crippen LogP contribution in [0.25, 0.3) is 0 Å². The fourth-order valence-corrected chi connectivity index (χ4v) is 3.06. The minimum atomic E-state index is -4.73. The van der Waals surface area contributed by atoms with Crippen LogP contribution in [0.4, 0.5) is 13.2 Å². The third-order valence-electron chi connectivity index (χ3n) is 2.87. The van der Waals surface area contributed by atoms with E-state index in [1.54, 1.807) is 12.1 Å². The number of ether oxygens (including phenoxy) is 1. The minimum Gasteiger partial charge on any atom is -0.506 e. The number of aromatic hydroxyl groups is 1. The molecule has 0 saturated carbocycles. The van der Waals surface area contributed by atoms with Crippen molar-refractivity contribution >= 4 is 44.3 Å².